The maximum Gasteiger partial charge on any atom is 0.263 e. The topological polar surface area (TPSA) is 109 Å². The number of amides is 1. The zero-order valence-corrected chi connectivity index (χ0v) is 17.9. The standard InChI is InChI=1S/C20H22N4O4S2/c25-15(12-24-13-22-18-4-2-1-3-17(18)19(24)26)11-14-5-7-16(8-6-14)30(27,28)23-20-21-9-10-29-20/h5-10,13,17-18H,1-4,11-12H2,(H,21,23). The molecule has 30 heavy (non-hydrogen) atoms. The summed E-state index contributed by atoms with van der Waals surface area (Å²) in [7, 11) is -3.73. The van der Waals surface area contributed by atoms with Crippen LogP contribution in [0.2, 0.25) is 0 Å². The highest BCUT2D eigenvalue weighted by Crippen LogP contribution is 2.30. The van der Waals surface area contributed by atoms with Crippen LogP contribution in [0.3, 0.4) is 0 Å². The summed E-state index contributed by atoms with van der Waals surface area (Å²) in [5, 5.41) is 1.97. The van der Waals surface area contributed by atoms with Crippen molar-refractivity contribution < 1.29 is 18.0 Å². The second kappa shape index (κ2) is 8.65. The maximum atomic E-state index is 12.6. The van der Waals surface area contributed by atoms with Gasteiger partial charge in [0.15, 0.2) is 10.9 Å². The third-order valence-corrected chi connectivity index (χ3v) is 7.54. The van der Waals surface area contributed by atoms with Crippen LogP contribution in [0.4, 0.5) is 5.13 Å². The summed E-state index contributed by atoms with van der Waals surface area (Å²) in [6.45, 7) is -0.0167. The molecule has 1 saturated carbocycles. The Morgan fingerprint density at radius 1 is 1.20 bits per heavy atom. The van der Waals surface area contributed by atoms with Gasteiger partial charge in [-0.25, -0.2) is 13.4 Å². The number of nitrogens with zero attached hydrogens (tertiary/aromatic N) is 3. The molecule has 4 rings (SSSR count). The second-order valence-corrected chi connectivity index (χ2v) is 10.1. The molecule has 0 bridgehead atoms. The van der Waals surface area contributed by atoms with Gasteiger partial charge >= 0.3 is 0 Å². The number of sulfonamides is 1. The van der Waals surface area contributed by atoms with E-state index in [-0.39, 0.29) is 41.5 Å². The third kappa shape index (κ3) is 4.59. The van der Waals surface area contributed by atoms with Gasteiger partial charge in [0.25, 0.3) is 10.0 Å². The van der Waals surface area contributed by atoms with Crippen molar-refractivity contribution in [3.05, 3.63) is 41.4 Å². The van der Waals surface area contributed by atoms with Gasteiger partial charge in [-0.3, -0.25) is 24.2 Å². The zero-order valence-electron chi connectivity index (χ0n) is 16.2. The van der Waals surface area contributed by atoms with Gasteiger partial charge in [0, 0.05) is 18.0 Å². The summed E-state index contributed by atoms with van der Waals surface area (Å²) >= 11 is 1.19. The van der Waals surface area contributed by atoms with E-state index < -0.39 is 10.0 Å². The lowest BCUT2D eigenvalue weighted by atomic mass is 9.83. The van der Waals surface area contributed by atoms with Gasteiger partial charge in [0.2, 0.25) is 5.91 Å². The minimum absolute atomic E-state index is 0.0160. The van der Waals surface area contributed by atoms with E-state index in [1.54, 1.807) is 17.5 Å². The predicted molar refractivity (Wildman–Crippen MR) is 114 cm³/mol. The first-order valence-corrected chi connectivity index (χ1v) is 12.2. The predicted octanol–water partition coefficient (Wildman–Crippen LogP) is 2.48. The Labute approximate surface area is 179 Å². The van der Waals surface area contributed by atoms with E-state index in [0.717, 1.165) is 25.7 Å². The Morgan fingerprint density at radius 2 is 1.97 bits per heavy atom. The van der Waals surface area contributed by atoms with Crippen LogP contribution in [-0.4, -0.2) is 48.9 Å². The number of aliphatic imine (C=N–C) groups is 1. The lowest BCUT2D eigenvalue weighted by Crippen LogP contribution is -2.47. The van der Waals surface area contributed by atoms with Gasteiger partial charge in [-0.1, -0.05) is 25.0 Å². The number of rotatable bonds is 7. The van der Waals surface area contributed by atoms with Crippen molar-refractivity contribution in [3.8, 4) is 0 Å². The molecule has 0 spiro atoms. The summed E-state index contributed by atoms with van der Waals surface area (Å²) in [4.78, 5) is 35.0. The van der Waals surface area contributed by atoms with Crippen molar-refractivity contribution in [1.82, 2.24) is 9.88 Å². The molecule has 2 atom stereocenters. The number of fused-ring (bicyclic) bond motifs is 1. The molecule has 0 radical (unpaired) electrons. The normalized spacial score (nSPS) is 21.3. The van der Waals surface area contributed by atoms with Crippen LogP contribution in [0.1, 0.15) is 31.2 Å². The quantitative estimate of drug-likeness (QED) is 0.703. The summed E-state index contributed by atoms with van der Waals surface area (Å²) in [6, 6.07) is 6.19. The number of carbonyl (C=O) groups excluding carboxylic acids is 2. The number of hydrogen-bond acceptors (Lipinski definition) is 7. The Balaban J connectivity index is 1.36. The number of aromatic nitrogens is 1. The fourth-order valence-corrected chi connectivity index (χ4v) is 5.63. The largest absolute Gasteiger partial charge is 0.297 e. The van der Waals surface area contributed by atoms with Crippen LogP contribution < -0.4 is 4.72 Å². The monoisotopic (exact) mass is 446 g/mol. The first-order valence-electron chi connectivity index (χ1n) is 9.79. The van der Waals surface area contributed by atoms with Crippen molar-refractivity contribution in [2.75, 3.05) is 11.3 Å². The number of hydrogen-bond donors (Lipinski definition) is 1. The SMILES string of the molecule is O=C(Cc1ccc(S(=O)(=O)Nc2nccs2)cc1)CN1C=NC2CCCCC2C1=O. The average Bonchev–Trinajstić information content (AvgIpc) is 3.23. The molecule has 1 aliphatic heterocycles. The number of benzene rings is 1. The molecule has 2 heterocycles. The van der Waals surface area contributed by atoms with Crippen molar-refractivity contribution in [3.63, 3.8) is 0 Å². The molecule has 0 saturated heterocycles. The fraction of sp³-hybridized carbons (Fsp3) is 0.400. The fourth-order valence-electron chi connectivity index (χ4n) is 3.84. The highest BCUT2D eigenvalue weighted by molar-refractivity contribution is 7.93. The average molecular weight is 447 g/mol. The molecule has 158 valence electrons. The lowest BCUT2D eigenvalue weighted by Gasteiger charge is -2.34. The highest BCUT2D eigenvalue weighted by atomic mass is 32.2. The number of thiazole rings is 1. The van der Waals surface area contributed by atoms with Crippen molar-refractivity contribution in [2.45, 2.75) is 43.0 Å². The van der Waals surface area contributed by atoms with Crippen molar-refractivity contribution in [2.24, 2.45) is 10.9 Å². The minimum atomic E-state index is -3.73. The molecular weight excluding hydrogens is 424 g/mol. The van der Waals surface area contributed by atoms with Gasteiger partial charge < -0.3 is 0 Å². The Morgan fingerprint density at radius 3 is 2.70 bits per heavy atom. The first-order chi connectivity index (χ1) is 14.4. The van der Waals surface area contributed by atoms with E-state index in [0.29, 0.717) is 10.7 Å². The summed E-state index contributed by atoms with van der Waals surface area (Å²) in [6.07, 6.45) is 7.02. The number of Topliss-reactive ketones (excluding diaryl/α,β-unsaturated/α-hetero) is 1. The van der Waals surface area contributed by atoms with Crippen LogP contribution in [0.5, 0.6) is 0 Å². The Hall–Kier alpha value is -2.59. The lowest BCUT2D eigenvalue weighted by molar-refractivity contribution is -0.136. The zero-order chi connectivity index (χ0) is 21.1. The smallest absolute Gasteiger partial charge is 0.263 e. The van der Waals surface area contributed by atoms with Gasteiger partial charge in [0.05, 0.1) is 29.7 Å². The highest BCUT2D eigenvalue weighted by Gasteiger charge is 2.36. The van der Waals surface area contributed by atoms with Crippen LogP contribution >= 0.6 is 11.3 Å². The van der Waals surface area contributed by atoms with Crippen molar-refractivity contribution >= 4 is 44.5 Å². The minimum Gasteiger partial charge on any atom is -0.297 e. The van der Waals surface area contributed by atoms with Gasteiger partial charge in [0.1, 0.15) is 0 Å². The first kappa shape index (κ1) is 20.7. The molecule has 2 unspecified atom stereocenters. The Bertz CT molecular complexity index is 1050. The van der Waals surface area contributed by atoms with Crippen LogP contribution in [0.25, 0.3) is 0 Å². The third-order valence-electron chi connectivity index (χ3n) is 5.36. The van der Waals surface area contributed by atoms with Gasteiger partial charge in [-0.05, 0) is 30.5 Å². The van der Waals surface area contributed by atoms with Crippen LogP contribution in [0.15, 0.2) is 45.7 Å². The van der Waals surface area contributed by atoms with Crippen LogP contribution in [-0.2, 0) is 26.0 Å². The molecule has 1 N–H and O–H groups in total. The van der Waals surface area contributed by atoms with Crippen molar-refractivity contribution in [1.29, 1.82) is 0 Å². The van der Waals surface area contributed by atoms with Gasteiger partial charge in [-0.15, -0.1) is 11.3 Å². The molecule has 1 fully saturated rings. The number of carbonyl (C=O) groups is 2. The van der Waals surface area contributed by atoms with E-state index in [1.807, 2.05) is 0 Å². The molecule has 1 aliphatic carbocycles. The molecule has 8 nitrogen and oxygen atoms in total. The maximum absolute atomic E-state index is 12.6. The molecule has 1 aromatic carbocycles. The van der Waals surface area contributed by atoms with E-state index in [1.165, 1.54) is 40.9 Å². The van der Waals surface area contributed by atoms with Crippen LogP contribution in [0, 0.1) is 5.92 Å². The number of ketones is 1. The van der Waals surface area contributed by atoms with Gasteiger partial charge in [-0.2, -0.15) is 0 Å². The summed E-state index contributed by atoms with van der Waals surface area (Å²) in [5.74, 6) is -0.246. The summed E-state index contributed by atoms with van der Waals surface area (Å²) < 4.78 is 27.2. The van der Waals surface area contributed by atoms with E-state index in [4.69, 9.17) is 0 Å². The molecule has 10 heteroatoms. The molecule has 2 aromatic rings. The molecule has 1 amide bonds. The number of anilines is 1. The molecular formula is C20H22N4O4S2. The van der Waals surface area contributed by atoms with E-state index >= 15 is 0 Å². The van der Waals surface area contributed by atoms with E-state index in [2.05, 4.69) is 14.7 Å². The number of nitrogens with one attached hydrogen (secondary N) is 1. The second-order valence-electron chi connectivity index (χ2n) is 7.49. The van der Waals surface area contributed by atoms with E-state index in [9.17, 15) is 18.0 Å². The molecule has 2 aliphatic rings. The molecule has 1 aromatic heterocycles. The summed E-state index contributed by atoms with van der Waals surface area (Å²) in [5.41, 5.74) is 0.685. The Kier molecular flexibility index (Phi) is 5.96.